The van der Waals surface area contributed by atoms with Crippen LogP contribution >= 0.6 is 0 Å². The summed E-state index contributed by atoms with van der Waals surface area (Å²) in [5.41, 5.74) is 5.83. The molecule has 2 aromatic carbocycles. The lowest BCUT2D eigenvalue weighted by Gasteiger charge is -2.10. The molecule has 0 spiro atoms. The Balaban J connectivity index is 1.48. The molecule has 2 atom stereocenters. The number of nitrogens with one attached hydrogen (secondary N) is 1. The number of aromatic nitrogens is 3. The van der Waals surface area contributed by atoms with E-state index in [-0.39, 0.29) is 0 Å². The Morgan fingerprint density at radius 3 is 2.67 bits per heavy atom. The van der Waals surface area contributed by atoms with E-state index >= 15 is 0 Å². The monoisotopic (exact) mass is 419 g/mol. The van der Waals surface area contributed by atoms with Crippen molar-refractivity contribution in [2.24, 2.45) is 0 Å². The van der Waals surface area contributed by atoms with Gasteiger partial charge in [0.2, 0.25) is 10.2 Å². The molecule has 152 valence electrons. The van der Waals surface area contributed by atoms with Gasteiger partial charge in [-0.05, 0) is 41.6 Å². The van der Waals surface area contributed by atoms with Gasteiger partial charge in [-0.1, -0.05) is 40.6 Å². The van der Waals surface area contributed by atoms with Crippen LogP contribution in [0.1, 0.15) is 17.9 Å². The van der Waals surface area contributed by atoms with Gasteiger partial charge in [-0.2, -0.15) is 9.65 Å². The average molecular weight is 420 g/mol. The molecule has 0 amide bonds. The van der Waals surface area contributed by atoms with Crippen LogP contribution in [0.4, 0.5) is 0 Å². The van der Waals surface area contributed by atoms with E-state index in [9.17, 15) is 8.76 Å². The third-order valence-electron chi connectivity index (χ3n) is 5.71. The third-order valence-corrected chi connectivity index (χ3v) is 6.84. The highest BCUT2D eigenvalue weighted by Gasteiger charge is 2.22. The zero-order valence-corrected chi connectivity index (χ0v) is 17.5. The molecule has 4 aromatic rings. The molecule has 1 aliphatic rings. The number of fused-ring (bicyclic) bond motifs is 1. The van der Waals surface area contributed by atoms with Gasteiger partial charge in [-0.3, -0.25) is 0 Å². The molecule has 30 heavy (non-hydrogen) atoms. The normalized spacial score (nSPS) is 18.5. The van der Waals surface area contributed by atoms with Gasteiger partial charge in [0.25, 0.3) is 0 Å². The largest absolute Gasteiger partial charge is 0.316 e. The van der Waals surface area contributed by atoms with Gasteiger partial charge in [-0.15, -0.1) is 0 Å². The Hall–Kier alpha value is -2.87. The lowest BCUT2D eigenvalue weighted by molar-refractivity contribution is 0.503. The van der Waals surface area contributed by atoms with E-state index in [4.69, 9.17) is 0 Å². The Morgan fingerprint density at radius 1 is 1.10 bits per heavy atom. The number of hydrogen-bond donors (Lipinski definition) is 2. The SMILES string of the molecule is C[S+](=O)(O)c1cccc(-c2cnn3cc(-c4ccc(C5CCNC5)cc4)cnc23)c1. The third kappa shape index (κ3) is 3.56. The van der Waals surface area contributed by atoms with Crippen LogP contribution in [-0.4, -0.2) is 38.5 Å². The molecule has 0 aliphatic carbocycles. The Labute approximate surface area is 176 Å². The van der Waals surface area contributed by atoms with Crippen LogP contribution in [0, 0.1) is 0 Å². The molecular weight excluding hydrogens is 396 g/mol. The van der Waals surface area contributed by atoms with E-state index in [1.54, 1.807) is 28.9 Å². The summed E-state index contributed by atoms with van der Waals surface area (Å²) in [5, 5.41) is 7.88. The van der Waals surface area contributed by atoms with Gasteiger partial charge in [0, 0.05) is 36.1 Å². The molecule has 6 nitrogen and oxygen atoms in total. The summed E-state index contributed by atoms with van der Waals surface area (Å²) in [5.74, 6) is 0.598. The molecular formula is C23H23N4O2S+. The highest BCUT2D eigenvalue weighted by molar-refractivity contribution is 7.97. The predicted octanol–water partition coefficient (Wildman–Crippen LogP) is 4.10. The Morgan fingerprint density at radius 2 is 1.93 bits per heavy atom. The van der Waals surface area contributed by atoms with Crippen LogP contribution in [0.25, 0.3) is 27.9 Å². The molecule has 3 heterocycles. The van der Waals surface area contributed by atoms with E-state index in [0.29, 0.717) is 16.5 Å². The van der Waals surface area contributed by atoms with E-state index < -0.39 is 10.2 Å². The zero-order valence-electron chi connectivity index (χ0n) is 16.7. The second-order valence-corrected chi connectivity index (χ2v) is 9.89. The first kappa shape index (κ1) is 19.1. The Bertz CT molecular complexity index is 1250. The second kappa shape index (κ2) is 7.43. The first-order valence-electron chi connectivity index (χ1n) is 9.95. The maximum atomic E-state index is 12.0. The van der Waals surface area contributed by atoms with Crippen molar-refractivity contribution in [3.8, 4) is 22.3 Å². The van der Waals surface area contributed by atoms with E-state index in [1.807, 2.05) is 18.5 Å². The molecule has 1 saturated heterocycles. The molecule has 1 aliphatic heterocycles. The van der Waals surface area contributed by atoms with Crippen molar-refractivity contribution in [1.29, 1.82) is 0 Å². The second-order valence-electron chi connectivity index (χ2n) is 7.81. The van der Waals surface area contributed by atoms with Crippen molar-refractivity contribution in [1.82, 2.24) is 19.9 Å². The topological polar surface area (TPSA) is 79.5 Å². The Kier molecular flexibility index (Phi) is 4.73. The van der Waals surface area contributed by atoms with Crippen LogP contribution in [0.5, 0.6) is 0 Å². The number of benzene rings is 2. The van der Waals surface area contributed by atoms with Crippen molar-refractivity contribution in [3.05, 3.63) is 72.7 Å². The minimum absolute atomic E-state index is 0.397. The van der Waals surface area contributed by atoms with E-state index in [1.165, 1.54) is 18.2 Å². The van der Waals surface area contributed by atoms with Gasteiger partial charge in [-0.25, -0.2) is 9.50 Å². The summed E-state index contributed by atoms with van der Waals surface area (Å²) in [7, 11) is -3.02. The lowest BCUT2D eigenvalue weighted by atomic mass is 9.96. The fourth-order valence-corrected chi connectivity index (χ4v) is 4.69. The van der Waals surface area contributed by atoms with Crippen molar-refractivity contribution in [3.63, 3.8) is 0 Å². The fourth-order valence-electron chi connectivity index (χ4n) is 4.01. The van der Waals surface area contributed by atoms with Crippen LogP contribution in [0.2, 0.25) is 0 Å². The van der Waals surface area contributed by atoms with Crippen LogP contribution in [0.15, 0.2) is 72.0 Å². The summed E-state index contributed by atoms with van der Waals surface area (Å²) in [6.45, 7) is 2.14. The van der Waals surface area contributed by atoms with Gasteiger partial charge in [0.1, 0.15) is 6.26 Å². The van der Waals surface area contributed by atoms with E-state index in [2.05, 4.69) is 39.7 Å². The summed E-state index contributed by atoms with van der Waals surface area (Å²) in [6, 6.07) is 15.8. The maximum absolute atomic E-state index is 12.0. The van der Waals surface area contributed by atoms with Crippen molar-refractivity contribution in [2.45, 2.75) is 17.2 Å². The average Bonchev–Trinajstić information content (AvgIpc) is 3.43. The van der Waals surface area contributed by atoms with Gasteiger partial charge in [0.15, 0.2) is 10.5 Å². The summed E-state index contributed by atoms with van der Waals surface area (Å²) < 4.78 is 23.6. The summed E-state index contributed by atoms with van der Waals surface area (Å²) in [6.07, 6.45) is 8.08. The highest BCUT2D eigenvalue weighted by Crippen LogP contribution is 2.29. The molecule has 1 fully saturated rings. The van der Waals surface area contributed by atoms with Crippen LogP contribution < -0.4 is 5.32 Å². The van der Waals surface area contributed by atoms with E-state index in [0.717, 1.165) is 35.3 Å². The maximum Gasteiger partial charge on any atom is 0.244 e. The molecule has 7 heteroatoms. The van der Waals surface area contributed by atoms with Crippen molar-refractivity contribution < 1.29 is 8.76 Å². The number of nitrogens with zero attached hydrogens (tertiary/aromatic N) is 3. The van der Waals surface area contributed by atoms with Gasteiger partial charge in [0.05, 0.1) is 6.20 Å². The summed E-state index contributed by atoms with van der Waals surface area (Å²) in [4.78, 5) is 5.04. The fraction of sp³-hybridized carbons (Fsp3) is 0.217. The number of hydrogen-bond acceptors (Lipinski definition) is 4. The first-order chi connectivity index (χ1) is 14.5. The molecule has 5 rings (SSSR count). The minimum Gasteiger partial charge on any atom is -0.316 e. The highest BCUT2D eigenvalue weighted by atomic mass is 32.3. The van der Waals surface area contributed by atoms with Crippen LogP contribution in [-0.2, 0) is 14.4 Å². The minimum atomic E-state index is -3.02. The molecule has 2 N–H and O–H groups in total. The molecule has 2 unspecified atom stereocenters. The van der Waals surface area contributed by atoms with Crippen molar-refractivity contribution >= 4 is 15.9 Å². The molecule has 0 bridgehead atoms. The van der Waals surface area contributed by atoms with Crippen molar-refractivity contribution in [2.75, 3.05) is 19.3 Å². The zero-order chi connectivity index (χ0) is 20.7. The van der Waals surface area contributed by atoms with Gasteiger partial charge < -0.3 is 5.32 Å². The first-order valence-corrected chi connectivity index (χ1v) is 11.9. The molecule has 0 radical (unpaired) electrons. The predicted molar refractivity (Wildman–Crippen MR) is 119 cm³/mol. The summed E-state index contributed by atoms with van der Waals surface area (Å²) >= 11 is 0. The standard InChI is InChI=1S/C23H22N4O2S/c1-30(28,29)21-4-2-3-18(11-21)22-14-26-27-15-20(13-25-23(22)27)17-7-5-16(6-8-17)19-9-10-24-12-19/h2-8,11,13-15,19,24H,9-10,12H2,1H3/p+1. The quantitative estimate of drug-likeness (QED) is 0.487. The smallest absolute Gasteiger partial charge is 0.244 e. The molecule has 0 saturated carbocycles. The van der Waals surface area contributed by atoms with Gasteiger partial charge >= 0.3 is 0 Å². The molecule has 2 aromatic heterocycles. The lowest BCUT2D eigenvalue weighted by Crippen LogP contribution is -2.07. The van der Waals surface area contributed by atoms with Crippen LogP contribution in [0.3, 0.4) is 0 Å². The number of rotatable bonds is 4.